The van der Waals surface area contributed by atoms with Gasteiger partial charge in [-0.15, -0.1) is 0 Å². The first kappa shape index (κ1) is 14.4. The van der Waals surface area contributed by atoms with E-state index in [9.17, 15) is 4.79 Å². The van der Waals surface area contributed by atoms with E-state index in [1.807, 2.05) is 6.07 Å². The van der Waals surface area contributed by atoms with E-state index in [4.69, 9.17) is 4.74 Å². The van der Waals surface area contributed by atoms with Crippen molar-refractivity contribution < 1.29 is 9.53 Å². The van der Waals surface area contributed by atoms with Gasteiger partial charge < -0.3 is 9.64 Å². The van der Waals surface area contributed by atoms with Crippen molar-refractivity contribution in [1.29, 1.82) is 0 Å². The van der Waals surface area contributed by atoms with E-state index in [2.05, 4.69) is 33.9 Å². The molecule has 1 aromatic heterocycles. The molecule has 2 aromatic rings. The van der Waals surface area contributed by atoms with Crippen molar-refractivity contribution >= 4 is 22.7 Å². The first-order valence-electron chi connectivity index (χ1n) is 8.19. The lowest BCUT2D eigenvalue weighted by Gasteiger charge is -2.26. The molecular formula is C18H21N3O2. The highest BCUT2D eigenvalue weighted by molar-refractivity contribution is 5.90. The quantitative estimate of drug-likeness (QED) is 0.798. The number of esters is 1. The normalized spacial score (nSPS) is 26.5. The number of aryl methyl sites for hydroxylation is 1. The molecule has 5 heteroatoms. The molecule has 120 valence electrons. The van der Waals surface area contributed by atoms with Crippen molar-refractivity contribution in [2.45, 2.75) is 26.2 Å². The number of fused-ring (bicyclic) bond motifs is 2. The number of hydrogen-bond acceptors (Lipinski definition) is 5. The molecule has 1 aromatic carbocycles. The number of anilines is 1. The third-order valence-electron chi connectivity index (χ3n) is 5.53. The first-order chi connectivity index (χ1) is 11.1. The second kappa shape index (κ2) is 5.18. The minimum absolute atomic E-state index is 0.0583. The van der Waals surface area contributed by atoms with Crippen LogP contribution in [0.5, 0.6) is 0 Å². The van der Waals surface area contributed by atoms with Crippen molar-refractivity contribution in [3.05, 3.63) is 30.1 Å². The van der Waals surface area contributed by atoms with Crippen LogP contribution in [0.1, 0.15) is 24.8 Å². The lowest BCUT2D eigenvalue weighted by molar-refractivity contribution is -0.152. The minimum atomic E-state index is -0.351. The molecule has 1 aliphatic heterocycles. The Morgan fingerprint density at radius 1 is 1.39 bits per heavy atom. The van der Waals surface area contributed by atoms with Gasteiger partial charge in [-0.2, -0.15) is 0 Å². The topological polar surface area (TPSA) is 55.3 Å². The van der Waals surface area contributed by atoms with Gasteiger partial charge in [0, 0.05) is 18.5 Å². The van der Waals surface area contributed by atoms with Gasteiger partial charge in [-0.25, -0.2) is 9.97 Å². The van der Waals surface area contributed by atoms with E-state index in [0.717, 1.165) is 42.5 Å². The van der Waals surface area contributed by atoms with Gasteiger partial charge >= 0.3 is 5.97 Å². The second-order valence-electron chi connectivity index (χ2n) is 6.84. The molecule has 2 aliphatic rings. The number of hydrogen-bond donors (Lipinski definition) is 0. The van der Waals surface area contributed by atoms with E-state index in [0.29, 0.717) is 12.5 Å². The summed E-state index contributed by atoms with van der Waals surface area (Å²) >= 11 is 0. The molecule has 23 heavy (non-hydrogen) atoms. The number of aromatic nitrogens is 2. The van der Waals surface area contributed by atoms with Gasteiger partial charge in [-0.3, -0.25) is 4.79 Å². The Morgan fingerprint density at radius 2 is 2.26 bits per heavy atom. The summed E-state index contributed by atoms with van der Waals surface area (Å²) in [4.78, 5) is 23.6. The Hall–Kier alpha value is -2.17. The zero-order valence-electron chi connectivity index (χ0n) is 13.6. The summed E-state index contributed by atoms with van der Waals surface area (Å²) in [6, 6.07) is 6.22. The highest BCUT2D eigenvalue weighted by Gasteiger charge is 2.55. The summed E-state index contributed by atoms with van der Waals surface area (Å²) < 4.78 is 5.13. The predicted molar refractivity (Wildman–Crippen MR) is 88.3 cm³/mol. The zero-order chi connectivity index (χ0) is 16.0. The molecule has 4 rings (SSSR count). The zero-order valence-corrected chi connectivity index (χ0v) is 13.6. The summed E-state index contributed by atoms with van der Waals surface area (Å²) in [6.07, 6.45) is 4.74. The molecule has 5 nitrogen and oxygen atoms in total. The van der Waals surface area contributed by atoms with Crippen LogP contribution in [-0.4, -0.2) is 36.1 Å². The van der Waals surface area contributed by atoms with Crippen molar-refractivity contribution in [3.8, 4) is 0 Å². The van der Waals surface area contributed by atoms with E-state index >= 15 is 0 Å². The van der Waals surface area contributed by atoms with Crippen LogP contribution in [0.25, 0.3) is 10.9 Å². The van der Waals surface area contributed by atoms with Crippen LogP contribution in [0, 0.1) is 18.3 Å². The Balaban J connectivity index is 1.76. The van der Waals surface area contributed by atoms with Crippen molar-refractivity contribution in [3.63, 3.8) is 0 Å². The van der Waals surface area contributed by atoms with Crippen LogP contribution in [0.4, 0.5) is 5.82 Å². The third-order valence-corrected chi connectivity index (χ3v) is 5.53. The fourth-order valence-corrected chi connectivity index (χ4v) is 4.40. The first-order valence-corrected chi connectivity index (χ1v) is 8.19. The molecule has 2 fully saturated rings. The van der Waals surface area contributed by atoms with Gasteiger partial charge in [-0.1, -0.05) is 18.1 Å². The summed E-state index contributed by atoms with van der Waals surface area (Å²) in [7, 11) is 1.50. The number of nitrogens with zero attached hydrogens (tertiary/aromatic N) is 3. The minimum Gasteiger partial charge on any atom is -0.469 e. The second-order valence-corrected chi connectivity index (χ2v) is 6.84. The number of carbonyl (C=O) groups is 1. The fourth-order valence-electron chi connectivity index (χ4n) is 4.40. The molecule has 0 radical (unpaired) electrons. The SMILES string of the molecule is COC(=O)C12CCCC1CN(c1ncnc3ccc(C)cc13)C2. The Bertz CT molecular complexity index is 776. The van der Waals surface area contributed by atoms with Crippen LogP contribution >= 0.6 is 0 Å². The summed E-state index contributed by atoms with van der Waals surface area (Å²) in [5.74, 6) is 1.25. The van der Waals surface area contributed by atoms with Gasteiger partial charge in [0.2, 0.25) is 0 Å². The number of ether oxygens (including phenoxy) is 1. The number of rotatable bonds is 2. The molecule has 1 aliphatic carbocycles. The highest BCUT2D eigenvalue weighted by atomic mass is 16.5. The van der Waals surface area contributed by atoms with Gasteiger partial charge in [0.05, 0.1) is 18.0 Å². The van der Waals surface area contributed by atoms with Crippen LogP contribution in [-0.2, 0) is 9.53 Å². The molecule has 1 saturated heterocycles. The molecule has 2 heterocycles. The largest absolute Gasteiger partial charge is 0.469 e. The van der Waals surface area contributed by atoms with E-state index in [1.54, 1.807) is 6.33 Å². The van der Waals surface area contributed by atoms with E-state index < -0.39 is 0 Å². The Morgan fingerprint density at radius 3 is 3.09 bits per heavy atom. The number of benzene rings is 1. The summed E-state index contributed by atoms with van der Waals surface area (Å²) in [5, 5.41) is 1.06. The standard InChI is InChI=1S/C18H21N3O2/c1-12-5-6-15-14(8-12)16(20-11-19-15)21-9-13-4-3-7-18(13,10-21)17(22)23-2/h5-6,8,11,13H,3-4,7,9-10H2,1-2H3. The van der Waals surface area contributed by atoms with Crippen LogP contribution in [0.2, 0.25) is 0 Å². The number of methoxy groups -OCH3 is 1. The molecular weight excluding hydrogens is 290 g/mol. The van der Waals surface area contributed by atoms with Crippen molar-refractivity contribution in [1.82, 2.24) is 9.97 Å². The molecule has 0 bridgehead atoms. The molecule has 2 unspecified atom stereocenters. The average Bonchev–Trinajstić information content (AvgIpc) is 3.11. The number of carbonyl (C=O) groups excluding carboxylic acids is 1. The maximum absolute atomic E-state index is 12.4. The van der Waals surface area contributed by atoms with Gasteiger partial charge in [0.1, 0.15) is 12.1 Å². The highest BCUT2D eigenvalue weighted by Crippen LogP contribution is 2.50. The molecule has 0 N–H and O–H groups in total. The van der Waals surface area contributed by atoms with Gasteiger partial charge in [-0.05, 0) is 37.8 Å². The molecule has 0 spiro atoms. The third kappa shape index (κ3) is 2.10. The van der Waals surface area contributed by atoms with E-state index in [1.165, 1.54) is 12.7 Å². The monoisotopic (exact) mass is 311 g/mol. The van der Waals surface area contributed by atoms with Crippen molar-refractivity contribution in [2.75, 3.05) is 25.1 Å². The van der Waals surface area contributed by atoms with Crippen LogP contribution < -0.4 is 4.90 Å². The van der Waals surface area contributed by atoms with Crippen LogP contribution in [0.3, 0.4) is 0 Å². The lowest BCUT2D eigenvalue weighted by Crippen LogP contribution is -2.37. The molecule has 2 atom stereocenters. The van der Waals surface area contributed by atoms with Crippen LogP contribution in [0.15, 0.2) is 24.5 Å². The predicted octanol–water partition coefficient (Wildman–Crippen LogP) is 2.72. The fraction of sp³-hybridized carbons (Fsp3) is 0.500. The summed E-state index contributed by atoms with van der Waals surface area (Å²) in [5.41, 5.74) is 1.79. The maximum atomic E-state index is 12.4. The smallest absolute Gasteiger partial charge is 0.313 e. The van der Waals surface area contributed by atoms with Gasteiger partial charge in [0.15, 0.2) is 0 Å². The maximum Gasteiger partial charge on any atom is 0.313 e. The lowest BCUT2D eigenvalue weighted by atomic mass is 9.81. The Labute approximate surface area is 135 Å². The van der Waals surface area contributed by atoms with Crippen molar-refractivity contribution in [2.24, 2.45) is 11.3 Å². The molecule has 1 saturated carbocycles. The van der Waals surface area contributed by atoms with E-state index in [-0.39, 0.29) is 11.4 Å². The Kier molecular flexibility index (Phi) is 3.25. The molecule has 0 amide bonds. The average molecular weight is 311 g/mol. The summed E-state index contributed by atoms with van der Waals surface area (Å²) in [6.45, 7) is 3.64. The van der Waals surface area contributed by atoms with Gasteiger partial charge in [0.25, 0.3) is 0 Å².